The number of nitrogens with zero attached hydrogens (tertiary/aromatic N) is 1. The maximum Gasteiger partial charge on any atom is 0.307 e. The summed E-state index contributed by atoms with van der Waals surface area (Å²) in [5, 5.41) is 0. The number of esters is 1. The first-order valence-corrected chi connectivity index (χ1v) is 6.61. The van der Waals surface area contributed by atoms with Gasteiger partial charge in [-0.15, -0.1) is 0 Å². The fraction of sp³-hybridized carbons (Fsp3) is 0.467. The van der Waals surface area contributed by atoms with Crippen LogP contribution >= 0.6 is 0 Å². The van der Waals surface area contributed by atoms with E-state index in [1.165, 1.54) is 7.11 Å². The summed E-state index contributed by atoms with van der Waals surface area (Å²) in [5.41, 5.74) is 1.01. The summed E-state index contributed by atoms with van der Waals surface area (Å²) >= 11 is 0. The number of rotatable bonds is 6. The van der Waals surface area contributed by atoms with Crippen molar-refractivity contribution in [2.75, 3.05) is 13.7 Å². The zero-order chi connectivity index (χ0) is 13.7. The Hall–Kier alpha value is -1.84. The number of hydrogen-bond donors (Lipinski definition) is 0. The van der Waals surface area contributed by atoms with Crippen LogP contribution in [0.25, 0.3) is 0 Å². The van der Waals surface area contributed by atoms with E-state index in [0.29, 0.717) is 19.0 Å². The first kappa shape index (κ1) is 13.6. The van der Waals surface area contributed by atoms with Crippen LogP contribution in [0, 0.1) is 0 Å². The van der Waals surface area contributed by atoms with E-state index in [9.17, 15) is 9.59 Å². The predicted molar refractivity (Wildman–Crippen MR) is 71.5 cm³/mol. The summed E-state index contributed by atoms with van der Waals surface area (Å²) in [7, 11) is 1.37. The minimum absolute atomic E-state index is 0.0950. The molecule has 0 spiro atoms. The third-order valence-corrected chi connectivity index (χ3v) is 3.29. The van der Waals surface area contributed by atoms with Crippen molar-refractivity contribution in [1.29, 1.82) is 0 Å². The molecule has 1 aliphatic carbocycles. The Morgan fingerprint density at radius 2 is 1.95 bits per heavy atom. The lowest BCUT2D eigenvalue weighted by atomic mass is 10.1. The Labute approximate surface area is 113 Å². The average Bonchev–Trinajstić information content (AvgIpc) is 3.24. The van der Waals surface area contributed by atoms with E-state index in [4.69, 9.17) is 0 Å². The molecule has 0 N–H and O–H groups in total. The van der Waals surface area contributed by atoms with Crippen LogP contribution in [0.15, 0.2) is 30.3 Å². The molecule has 1 aliphatic rings. The lowest BCUT2D eigenvalue weighted by Gasteiger charge is -2.22. The van der Waals surface area contributed by atoms with E-state index in [1.807, 2.05) is 35.2 Å². The molecular weight excluding hydrogens is 242 g/mol. The van der Waals surface area contributed by atoms with Gasteiger partial charge in [-0.2, -0.15) is 0 Å². The molecule has 0 bridgehead atoms. The van der Waals surface area contributed by atoms with Gasteiger partial charge in [0.2, 0.25) is 5.91 Å². The quantitative estimate of drug-likeness (QED) is 0.733. The molecule has 0 radical (unpaired) electrons. The second-order valence-electron chi connectivity index (χ2n) is 4.81. The van der Waals surface area contributed by atoms with Crippen LogP contribution in [0.5, 0.6) is 0 Å². The van der Waals surface area contributed by atoms with Crippen molar-refractivity contribution in [3.8, 4) is 0 Å². The van der Waals surface area contributed by atoms with Gasteiger partial charge < -0.3 is 9.64 Å². The largest absolute Gasteiger partial charge is 0.469 e. The molecule has 0 atom stereocenters. The van der Waals surface area contributed by atoms with Crippen LogP contribution in [-0.2, 0) is 20.7 Å². The standard InChI is InChI=1S/C15H19NO3/c1-19-15(18)9-10-16(13-7-8-13)14(17)11-12-5-3-2-4-6-12/h2-6,13H,7-11H2,1H3. The average molecular weight is 261 g/mol. The zero-order valence-electron chi connectivity index (χ0n) is 11.2. The second-order valence-corrected chi connectivity index (χ2v) is 4.81. The smallest absolute Gasteiger partial charge is 0.307 e. The molecule has 0 unspecified atom stereocenters. The molecule has 1 aromatic rings. The Morgan fingerprint density at radius 3 is 2.53 bits per heavy atom. The topological polar surface area (TPSA) is 46.6 Å². The van der Waals surface area contributed by atoms with Crippen LogP contribution < -0.4 is 0 Å². The SMILES string of the molecule is COC(=O)CCN(C(=O)Cc1ccccc1)C1CC1. The minimum atomic E-state index is -0.266. The molecular formula is C15H19NO3. The third kappa shape index (κ3) is 4.09. The fourth-order valence-corrected chi connectivity index (χ4v) is 2.08. The summed E-state index contributed by atoms with van der Waals surface area (Å²) in [6.07, 6.45) is 2.76. The minimum Gasteiger partial charge on any atom is -0.469 e. The Morgan fingerprint density at radius 1 is 1.26 bits per heavy atom. The number of hydrogen-bond acceptors (Lipinski definition) is 3. The van der Waals surface area contributed by atoms with Crippen LogP contribution in [0.1, 0.15) is 24.8 Å². The maximum absolute atomic E-state index is 12.3. The number of carbonyl (C=O) groups excluding carboxylic acids is 2. The molecule has 0 aliphatic heterocycles. The molecule has 1 aromatic carbocycles. The zero-order valence-corrected chi connectivity index (χ0v) is 11.2. The first-order chi connectivity index (χ1) is 9.20. The van der Waals surface area contributed by atoms with Gasteiger partial charge in [-0.3, -0.25) is 9.59 Å². The molecule has 102 valence electrons. The highest BCUT2D eigenvalue weighted by atomic mass is 16.5. The first-order valence-electron chi connectivity index (χ1n) is 6.61. The number of amides is 1. The van der Waals surface area contributed by atoms with Gasteiger partial charge in [0.15, 0.2) is 0 Å². The van der Waals surface area contributed by atoms with Crippen LogP contribution in [0.4, 0.5) is 0 Å². The van der Waals surface area contributed by atoms with Crippen molar-refractivity contribution in [3.05, 3.63) is 35.9 Å². The van der Waals surface area contributed by atoms with Gasteiger partial charge in [0, 0.05) is 12.6 Å². The number of ether oxygens (including phenoxy) is 1. The predicted octanol–water partition coefficient (Wildman–Crippen LogP) is 1.78. The summed E-state index contributed by atoms with van der Waals surface area (Å²) in [4.78, 5) is 25.3. The third-order valence-electron chi connectivity index (χ3n) is 3.29. The monoisotopic (exact) mass is 261 g/mol. The van der Waals surface area contributed by atoms with Crippen molar-refractivity contribution in [1.82, 2.24) is 4.90 Å². The van der Waals surface area contributed by atoms with E-state index in [1.54, 1.807) is 0 Å². The molecule has 19 heavy (non-hydrogen) atoms. The van der Waals surface area contributed by atoms with E-state index in [-0.39, 0.29) is 18.3 Å². The lowest BCUT2D eigenvalue weighted by Crippen LogP contribution is -2.36. The van der Waals surface area contributed by atoms with Crippen molar-refractivity contribution >= 4 is 11.9 Å². The summed E-state index contributed by atoms with van der Waals surface area (Å²) in [6.45, 7) is 0.461. The van der Waals surface area contributed by atoms with Crippen molar-refractivity contribution in [3.63, 3.8) is 0 Å². The molecule has 0 heterocycles. The Kier molecular flexibility index (Phi) is 4.55. The van der Waals surface area contributed by atoms with Gasteiger partial charge in [0.25, 0.3) is 0 Å². The lowest BCUT2D eigenvalue weighted by molar-refractivity contribution is -0.141. The molecule has 1 amide bonds. The van der Waals surface area contributed by atoms with Gasteiger partial charge in [-0.1, -0.05) is 30.3 Å². The normalized spacial score (nSPS) is 13.9. The van der Waals surface area contributed by atoms with E-state index in [0.717, 1.165) is 18.4 Å². The van der Waals surface area contributed by atoms with Crippen molar-refractivity contribution in [2.24, 2.45) is 0 Å². The summed E-state index contributed by atoms with van der Waals surface area (Å²) < 4.78 is 4.62. The van der Waals surface area contributed by atoms with Gasteiger partial charge in [-0.25, -0.2) is 0 Å². The molecule has 0 saturated heterocycles. The molecule has 1 saturated carbocycles. The van der Waals surface area contributed by atoms with Gasteiger partial charge in [-0.05, 0) is 18.4 Å². The van der Waals surface area contributed by atoms with Gasteiger partial charge in [0.05, 0.1) is 20.0 Å². The van der Waals surface area contributed by atoms with E-state index >= 15 is 0 Å². The Balaban J connectivity index is 1.91. The summed E-state index contributed by atoms with van der Waals surface area (Å²) in [5.74, 6) is -0.171. The van der Waals surface area contributed by atoms with Gasteiger partial charge >= 0.3 is 5.97 Å². The second kappa shape index (κ2) is 6.36. The van der Waals surface area contributed by atoms with Crippen molar-refractivity contribution < 1.29 is 14.3 Å². The molecule has 2 rings (SSSR count). The van der Waals surface area contributed by atoms with E-state index in [2.05, 4.69) is 4.74 Å². The summed E-state index contributed by atoms with van der Waals surface area (Å²) in [6, 6.07) is 10.0. The maximum atomic E-state index is 12.3. The van der Waals surface area contributed by atoms with Crippen LogP contribution in [0.2, 0.25) is 0 Å². The molecule has 4 heteroatoms. The Bertz CT molecular complexity index is 440. The van der Waals surface area contributed by atoms with Crippen molar-refractivity contribution in [2.45, 2.75) is 31.7 Å². The molecule has 1 fully saturated rings. The van der Waals surface area contributed by atoms with Crippen LogP contribution in [0.3, 0.4) is 0 Å². The molecule has 4 nitrogen and oxygen atoms in total. The number of methoxy groups -OCH3 is 1. The highest BCUT2D eigenvalue weighted by Gasteiger charge is 2.32. The van der Waals surface area contributed by atoms with Gasteiger partial charge in [0.1, 0.15) is 0 Å². The highest BCUT2D eigenvalue weighted by Crippen LogP contribution is 2.27. The number of carbonyl (C=O) groups is 2. The number of benzene rings is 1. The molecule has 0 aromatic heterocycles. The van der Waals surface area contributed by atoms with Crippen LogP contribution in [-0.4, -0.2) is 36.5 Å². The van der Waals surface area contributed by atoms with E-state index < -0.39 is 0 Å². The highest BCUT2D eigenvalue weighted by molar-refractivity contribution is 5.80. The fourth-order valence-electron chi connectivity index (χ4n) is 2.08.